The molecule has 2 aromatic carbocycles. The van der Waals surface area contributed by atoms with Gasteiger partial charge in [0.1, 0.15) is 29.0 Å². The second-order valence-corrected chi connectivity index (χ2v) is 8.27. The van der Waals surface area contributed by atoms with E-state index in [4.69, 9.17) is 20.9 Å². The minimum Gasteiger partial charge on any atom is -0.497 e. The van der Waals surface area contributed by atoms with Crippen molar-refractivity contribution in [2.24, 2.45) is 5.73 Å². The topological polar surface area (TPSA) is 167 Å². The molecule has 0 aliphatic rings. The molecule has 0 radical (unpaired) electrons. The van der Waals surface area contributed by atoms with Crippen LogP contribution in [0.2, 0.25) is 0 Å². The SMILES string of the molecule is CCOC(=O)CNC(=O)[C@H](c1ccc(OC)cc1)N(C(=O)c1snc(C(N)=O)c1N)c1cccc(F)c1. The van der Waals surface area contributed by atoms with Crippen LogP contribution in [0.1, 0.15) is 38.7 Å². The van der Waals surface area contributed by atoms with Crippen LogP contribution in [-0.4, -0.2) is 48.3 Å². The maximum atomic E-state index is 14.3. The van der Waals surface area contributed by atoms with Crippen LogP contribution in [0.25, 0.3) is 0 Å². The third-order valence-electron chi connectivity index (χ3n) is 5.11. The van der Waals surface area contributed by atoms with E-state index in [-0.39, 0.29) is 28.6 Å². The van der Waals surface area contributed by atoms with Gasteiger partial charge >= 0.3 is 5.97 Å². The Balaban J connectivity index is 2.16. The van der Waals surface area contributed by atoms with Crippen molar-refractivity contribution in [1.29, 1.82) is 0 Å². The van der Waals surface area contributed by atoms with Crippen LogP contribution in [0, 0.1) is 5.82 Å². The van der Waals surface area contributed by atoms with E-state index in [9.17, 15) is 23.6 Å². The monoisotopic (exact) mass is 529 g/mol. The molecule has 3 amide bonds. The van der Waals surface area contributed by atoms with Crippen LogP contribution in [-0.2, 0) is 14.3 Å². The quantitative estimate of drug-likeness (QED) is 0.335. The Kier molecular flexibility index (Phi) is 8.74. The van der Waals surface area contributed by atoms with Crippen molar-refractivity contribution in [3.8, 4) is 5.75 Å². The molecular weight excluding hydrogens is 505 g/mol. The minimum absolute atomic E-state index is 0.00512. The number of esters is 1. The largest absolute Gasteiger partial charge is 0.497 e. The molecule has 3 rings (SSSR count). The van der Waals surface area contributed by atoms with E-state index in [1.807, 2.05) is 0 Å². The van der Waals surface area contributed by atoms with Crippen LogP contribution >= 0.6 is 11.5 Å². The maximum absolute atomic E-state index is 14.3. The van der Waals surface area contributed by atoms with E-state index in [2.05, 4.69) is 9.69 Å². The van der Waals surface area contributed by atoms with E-state index in [0.717, 1.165) is 11.0 Å². The van der Waals surface area contributed by atoms with Gasteiger partial charge in [-0.3, -0.25) is 24.1 Å². The lowest BCUT2D eigenvalue weighted by molar-refractivity contribution is -0.143. The lowest BCUT2D eigenvalue weighted by Gasteiger charge is -2.31. The lowest BCUT2D eigenvalue weighted by atomic mass is 10.0. The van der Waals surface area contributed by atoms with Gasteiger partial charge in [-0.25, -0.2) is 4.39 Å². The fraction of sp³-hybridized carbons (Fsp3) is 0.208. The first-order valence-electron chi connectivity index (χ1n) is 10.9. The zero-order valence-electron chi connectivity index (χ0n) is 19.9. The summed E-state index contributed by atoms with van der Waals surface area (Å²) in [5.41, 5.74) is 11.0. The molecule has 1 aromatic heterocycles. The Morgan fingerprint density at radius 1 is 1.16 bits per heavy atom. The highest BCUT2D eigenvalue weighted by molar-refractivity contribution is 7.09. The zero-order chi connectivity index (χ0) is 27.1. The maximum Gasteiger partial charge on any atom is 0.325 e. The summed E-state index contributed by atoms with van der Waals surface area (Å²) < 4.78 is 28.2. The second-order valence-electron chi connectivity index (χ2n) is 7.49. The number of halogens is 1. The number of methoxy groups -OCH3 is 1. The molecule has 37 heavy (non-hydrogen) atoms. The number of benzene rings is 2. The summed E-state index contributed by atoms with van der Waals surface area (Å²) in [6, 6.07) is 9.81. The number of amides is 3. The average molecular weight is 530 g/mol. The number of aromatic nitrogens is 1. The predicted octanol–water partition coefficient (Wildman–Crippen LogP) is 2.04. The summed E-state index contributed by atoms with van der Waals surface area (Å²) in [5, 5.41) is 2.45. The first-order chi connectivity index (χ1) is 17.7. The zero-order valence-corrected chi connectivity index (χ0v) is 20.7. The van der Waals surface area contributed by atoms with Gasteiger partial charge in [0.05, 0.1) is 19.4 Å². The van der Waals surface area contributed by atoms with E-state index in [0.29, 0.717) is 22.8 Å². The number of carbonyl (C=O) groups excluding carboxylic acids is 4. The van der Waals surface area contributed by atoms with Gasteiger partial charge in [-0.05, 0) is 54.4 Å². The molecule has 5 N–H and O–H groups in total. The Hall–Kier alpha value is -4.52. The normalized spacial score (nSPS) is 11.3. The molecule has 0 aliphatic heterocycles. The molecule has 0 saturated carbocycles. The van der Waals surface area contributed by atoms with Gasteiger partial charge < -0.3 is 26.3 Å². The summed E-state index contributed by atoms with van der Waals surface area (Å²) in [5.74, 6) is -3.44. The Labute approximate surface area is 215 Å². The first kappa shape index (κ1) is 27.1. The molecule has 0 unspecified atom stereocenters. The number of rotatable bonds is 10. The van der Waals surface area contributed by atoms with Gasteiger partial charge in [0, 0.05) is 5.69 Å². The molecule has 0 fully saturated rings. The van der Waals surface area contributed by atoms with Gasteiger partial charge in [0.25, 0.3) is 11.8 Å². The second kappa shape index (κ2) is 11.9. The van der Waals surface area contributed by atoms with Crippen LogP contribution < -0.4 is 26.4 Å². The molecule has 1 heterocycles. The highest BCUT2D eigenvalue weighted by Crippen LogP contribution is 2.34. The third kappa shape index (κ3) is 6.19. The fourth-order valence-corrected chi connectivity index (χ4v) is 4.16. The van der Waals surface area contributed by atoms with E-state index < -0.39 is 42.1 Å². The van der Waals surface area contributed by atoms with Gasteiger partial charge in [-0.1, -0.05) is 18.2 Å². The van der Waals surface area contributed by atoms with Crippen LogP contribution in [0.5, 0.6) is 5.75 Å². The van der Waals surface area contributed by atoms with Crippen molar-refractivity contribution >= 4 is 46.6 Å². The van der Waals surface area contributed by atoms with Gasteiger partial charge in [0.15, 0.2) is 5.69 Å². The number of anilines is 2. The summed E-state index contributed by atoms with van der Waals surface area (Å²) >= 11 is 0.608. The van der Waals surface area contributed by atoms with Gasteiger partial charge in [-0.15, -0.1) is 0 Å². The lowest BCUT2D eigenvalue weighted by Crippen LogP contribution is -2.45. The summed E-state index contributed by atoms with van der Waals surface area (Å²) in [7, 11) is 1.46. The van der Waals surface area contributed by atoms with Crippen molar-refractivity contribution in [3.05, 3.63) is 70.5 Å². The van der Waals surface area contributed by atoms with Crippen LogP contribution in [0.15, 0.2) is 48.5 Å². The van der Waals surface area contributed by atoms with Crippen LogP contribution in [0.3, 0.4) is 0 Å². The number of hydrogen-bond donors (Lipinski definition) is 3. The standard InChI is InChI=1S/C24H24FN5O6S/c1-3-36-17(31)12-28-23(33)20(13-7-9-16(35-2)10-8-13)30(15-6-4-5-14(25)11-15)24(34)21-18(26)19(22(27)32)29-37-21/h4-11,20H,3,12,26H2,1-2H3,(H2,27,32)(H,28,33)/t20-/m0/s1. The molecule has 0 spiro atoms. The number of nitrogens with zero attached hydrogens (tertiary/aromatic N) is 2. The van der Waals surface area contributed by atoms with Gasteiger partial charge in [-0.2, -0.15) is 4.37 Å². The number of primary amides is 1. The Bertz CT molecular complexity index is 1310. The molecule has 0 bridgehead atoms. The molecule has 3 aromatic rings. The summed E-state index contributed by atoms with van der Waals surface area (Å²) in [6.07, 6.45) is 0. The number of nitrogens with one attached hydrogen (secondary N) is 1. The van der Waals surface area contributed by atoms with Crippen molar-refractivity contribution in [3.63, 3.8) is 0 Å². The van der Waals surface area contributed by atoms with Crippen molar-refractivity contribution < 1.29 is 33.0 Å². The minimum atomic E-state index is -1.41. The Morgan fingerprint density at radius 3 is 2.43 bits per heavy atom. The molecule has 0 saturated heterocycles. The molecule has 13 heteroatoms. The number of nitrogen functional groups attached to an aromatic ring is 1. The number of hydrogen-bond acceptors (Lipinski definition) is 9. The molecule has 0 aliphatic carbocycles. The van der Waals surface area contributed by atoms with E-state index in [1.54, 1.807) is 19.1 Å². The number of ether oxygens (including phenoxy) is 2. The summed E-state index contributed by atoms with van der Waals surface area (Å²) in [6.45, 7) is 1.25. The van der Waals surface area contributed by atoms with Crippen molar-refractivity contribution in [2.45, 2.75) is 13.0 Å². The van der Waals surface area contributed by atoms with Crippen LogP contribution in [0.4, 0.5) is 15.8 Å². The predicted molar refractivity (Wildman–Crippen MR) is 134 cm³/mol. The highest BCUT2D eigenvalue weighted by atomic mass is 32.1. The average Bonchev–Trinajstić information content (AvgIpc) is 3.27. The van der Waals surface area contributed by atoms with E-state index >= 15 is 0 Å². The molecule has 11 nitrogen and oxygen atoms in total. The van der Waals surface area contributed by atoms with Gasteiger partial charge in [0.2, 0.25) is 5.91 Å². The van der Waals surface area contributed by atoms with Crippen molar-refractivity contribution in [1.82, 2.24) is 9.69 Å². The van der Waals surface area contributed by atoms with Crippen molar-refractivity contribution in [2.75, 3.05) is 30.9 Å². The third-order valence-corrected chi connectivity index (χ3v) is 5.96. The fourth-order valence-electron chi connectivity index (χ4n) is 3.42. The number of carbonyl (C=O) groups is 4. The molecule has 194 valence electrons. The van der Waals surface area contributed by atoms with E-state index in [1.165, 1.54) is 37.4 Å². The number of nitrogens with two attached hydrogens (primary N) is 2. The molecule has 1 atom stereocenters. The summed E-state index contributed by atoms with van der Waals surface area (Å²) in [4.78, 5) is 51.7. The smallest absolute Gasteiger partial charge is 0.325 e. The first-order valence-corrected chi connectivity index (χ1v) is 11.7. The highest BCUT2D eigenvalue weighted by Gasteiger charge is 2.36. The molecular formula is C24H24FN5O6S. The Morgan fingerprint density at radius 2 is 1.86 bits per heavy atom.